The molecule has 1 aromatic carbocycles. The van der Waals surface area contributed by atoms with Crippen LogP contribution in [0.25, 0.3) is 0 Å². The number of alkyl halides is 3. The van der Waals surface area contributed by atoms with Crippen molar-refractivity contribution in [3.63, 3.8) is 0 Å². The van der Waals surface area contributed by atoms with Crippen LogP contribution < -0.4 is 0 Å². The lowest BCUT2D eigenvalue weighted by Gasteiger charge is -2.38. The first-order valence-corrected chi connectivity index (χ1v) is 11.2. The molecule has 3 aliphatic heterocycles. The number of nitrogens with zero attached hydrogens (tertiary/aromatic N) is 2. The maximum Gasteiger partial charge on any atom is 0.490 e. The number of ether oxygens (including phenoxy) is 2. The van der Waals surface area contributed by atoms with Crippen molar-refractivity contribution in [3.05, 3.63) is 35.4 Å². The lowest BCUT2D eigenvalue weighted by molar-refractivity contribution is -0.192. The number of benzene rings is 1. The Morgan fingerprint density at radius 3 is 2.36 bits per heavy atom. The lowest BCUT2D eigenvalue weighted by atomic mass is 9.76. The van der Waals surface area contributed by atoms with Crippen molar-refractivity contribution >= 4 is 11.9 Å². The number of aliphatic carboxylic acids is 1. The van der Waals surface area contributed by atoms with Gasteiger partial charge < -0.3 is 19.5 Å². The number of rotatable bonds is 3. The number of amides is 1. The fourth-order valence-corrected chi connectivity index (χ4v) is 4.58. The Balaban J connectivity index is 0.000000383. The molecule has 0 saturated carbocycles. The number of halogens is 3. The number of piperidine rings is 1. The van der Waals surface area contributed by atoms with Gasteiger partial charge in [-0.1, -0.05) is 17.7 Å². The average molecular weight is 473 g/mol. The predicted molar refractivity (Wildman–Crippen MR) is 114 cm³/mol. The van der Waals surface area contributed by atoms with E-state index in [1.165, 1.54) is 0 Å². The van der Waals surface area contributed by atoms with Crippen LogP contribution >= 0.6 is 0 Å². The van der Waals surface area contributed by atoms with Crippen LogP contribution in [0.15, 0.2) is 24.3 Å². The summed E-state index contributed by atoms with van der Waals surface area (Å²) in [5.74, 6) is -2.58. The molecule has 0 radical (unpaired) electrons. The third kappa shape index (κ3) is 7.15. The number of carbonyl (C=O) groups is 2. The summed E-state index contributed by atoms with van der Waals surface area (Å²) in [4.78, 5) is 26.1. The number of carboxylic acid groups (broad SMARTS) is 1. The summed E-state index contributed by atoms with van der Waals surface area (Å²) in [7, 11) is 0. The first kappa shape index (κ1) is 25.5. The molecule has 3 saturated heterocycles. The van der Waals surface area contributed by atoms with Crippen molar-refractivity contribution in [2.24, 2.45) is 5.41 Å². The van der Waals surface area contributed by atoms with Gasteiger partial charge in [0.1, 0.15) is 0 Å². The zero-order valence-corrected chi connectivity index (χ0v) is 18.8. The molecular weight excluding hydrogens is 441 g/mol. The average Bonchev–Trinajstić information content (AvgIpc) is 3.16. The summed E-state index contributed by atoms with van der Waals surface area (Å²) in [5, 5.41) is 7.12. The van der Waals surface area contributed by atoms with E-state index in [1.807, 2.05) is 36.1 Å². The van der Waals surface area contributed by atoms with E-state index in [1.54, 1.807) is 0 Å². The van der Waals surface area contributed by atoms with Gasteiger partial charge in [0, 0.05) is 38.3 Å². The molecule has 3 heterocycles. The molecule has 33 heavy (non-hydrogen) atoms. The van der Waals surface area contributed by atoms with Gasteiger partial charge in [0.15, 0.2) is 0 Å². The highest BCUT2D eigenvalue weighted by Crippen LogP contribution is 2.42. The van der Waals surface area contributed by atoms with E-state index in [2.05, 4.69) is 4.90 Å². The van der Waals surface area contributed by atoms with Crippen LogP contribution in [0.5, 0.6) is 0 Å². The first-order chi connectivity index (χ1) is 15.6. The van der Waals surface area contributed by atoms with Crippen LogP contribution in [0, 0.1) is 12.3 Å². The van der Waals surface area contributed by atoms with Gasteiger partial charge >= 0.3 is 12.1 Å². The Hall–Kier alpha value is -2.17. The molecule has 1 unspecified atom stereocenters. The standard InChI is InChI=1S/C21H30N2O3.C2HF3O2/c1-17-3-2-4-18(13-17)20(24)23-7-5-21(6-8-23)14-19(26-16-21)15-22-9-11-25-12-10-22;3-2(4,5)1(6)7/h2-4,13,19H,5-12,14-16H2,1H3;(H,6,7). The Bertz CT molecular complexity index is 819. The second kappa shape index (κ2) is 10.8. The van der Waals surface area contributed by atoms with Crippen molar-refractivity contribution in [1.29, 1.82) is 0 Å². The molecule has 4 rings (SSSR count). The minimum absolute atomic E-state index is 0.173. The van der Waals surface area contributed by atoms with Crippen LogP contribution in [-0.2, 0) is 14.3 Å². The molecule has 0 bridgehead atoms. The zero-order chi connectivity index (χ0) is 24.1. The maximum absolute atomic E-state index is 12.8. The Morgan fingerprint density at radius 1 is 1.15 bits per heavy atom. The molecule has 7 nitrogen and oxygen atoms in total. The van der Waals surface area contributed by atoms with Crippen molar-refractivity contribution in [3.8, 4) is 0 Å². The van der Waals surface area contributed by atoms with Gasteiger partial charge in [-0.2, -0.15) is 13.2 Å². The van der Waals surface area contributed by atoms with Crippen LogP contribution in [0.2, 0.25) is 0 Å². The summed E-state index contributed by atoms with van der Waals surface area (Å²) in [6.07, 6.45) is -1.49. The van der Waals surface area contributed by atoms with Gasteiger partial charge in [0.2, 0.25) is 0 Å². The SMILES string of the molecule is Cc1cccc(C(=O)N2CCC3(CC2)COC(CN2CCOCC2)C3)c1.O=C(O)C(F)(F)F. The van der Waals surface area contributed by atoms with E-state index < -0.39 is 12.1 Å². The molecule has 3 fully saturated rings. The Labute approximate surface area is 191 Å². The summed E-state index contributed by atoms with van der Waals surface area (Å²) in [6, 6.07) is 7.92. The summed E-state index contributed by atoms with van der Waals surface area (Å²) in [5.41, 5.74) is 2.23. The van der Waals surface area contributed by atoms with Gasteiger partial charge in [-0.25, -0.2) is 4.79 Å². The number of aryl methyl sites for hydroxylation is 1. The minimum Gasteiger partial charge on any atom is -0.475 e. The molecule has 1 atom stereocenters. The second-order valence-corrected chi connectivity index (χ2v) is 9.01. The van der Waals surface area contributed by atoms with Gasteiger partial charge in [0.05, 0.1) is 25.9 Å². The molecule has 3 aliphatic rings. The smallest absolute Gasteiger partial charge is 0.475 e. The number of carbonyl (C=O) groups excluding carboxylic acids is 1. The van der Waals surface area contributed by atoms with E-state index in [0.717, 1.165) is 82.9 Å². The predicted octanol–water partition coefficient (Wildman–Crippen LogP) is 2.97. The molecule has 1 N–H and O–H groups in total. The molecule has 0 aromatic heterocycles. The third-order valence-electron chi connectivity index (χ3n) is 6.47. The maximum atomic E-state index is 12.8. The van der Waals surface area contributed by atoms with Crippen LogP contribution in [0.4, 0.5) is 13.2 Å². The highest BCUT2D eigenvalue weighted by atomic mass is 19.4. The van der Waals surface area contributed by atoms with Gasteiger partial charge in [-0.05, 0) is 43.7 Å². The summed E-state index contributed by atoms with van der Waals surface area (Å²) >= 11 is 0. The fourth-order valence-electron chi connectivity index (χ4n) is 4.58. The molecule has 1 aromatic rings. The number of hydrogen-bond acceptors (Lipinski definition) is 5. The van der Waals surface area contributed by atoms with Crippen LogP contribution in [0.1, 0.15) is 35.2 Å². The molecule has 0 aliphatic carbocycles. The van der Waals surface area contributed by atoms with E-state index in [4.69, 9.17) is 19.4 Å². The minimum atomic E-state index is -5.08. The van der Waals surface area contributed by atoms with Crippen LogP contribution in [-0.4, -0.2) is 91.6 Å². The number of likely N-dealkylation sites (tertiary alicyclic amines) is 1. The lowest BCUT2D eigenvalue weighted by Crippen LogP contribution is -2.44. The number of morpholine rings is 1. The first-order valence-electron chi connectivity index (χ1n) is 11.2. The Kier molecular flexibility index (Phi) is 8.36. The van der Waals surface area contributed by atoms with Crippen molar-refractivity contribution in [1.82, 2.24) is 9.80 Å². The second-order valence-electron chi connectivity index (χ2n) is 9.01. The highest BCUT2D eigenvalue weighted by Gasteiger charge is 2.43. The molecule has 10 heteroatoms. The normalized spacial score (nSPS) is 23.2. The van der Waals surface area contributed by atoms with Gasteiger partial charge in [-0.15, -0.1) is 0 Å². The van der Waals surface area contributed by atoms with Crippen molar-refractivity contribution < 1.29 is 37.3 Å². The molecule has 184 valence electrons. The highest BCUT2D eigenvalue weighted by molar-refractivity contribution is 5.94. The van der Waals surface area contributed by atoms with E-state index >= 15 is 0 Å². The monoisotopic (exact) mass is 472 g/mol. The molecule has 1 spiro atoms. The van der Waals surface area contributed by atoms with Crippen LogP contribution in [0.3, 0.4) is 0 Å². The zero-order valence-electron chi connectivity index (χ0n) is 18.8. The fraction of sp³-hybridized carbons (Fsp3) is 0.652. The molecular formula is C23H31F3N2O5. The summed E-state index contributed by atoms with van der Waals surface area (Å²) in [6.45, 7) is 9.33. The largest absolute Gasteiger partial charge is 0.490 e. The Morgan fingerprint density at radius 2 is 1.79 bits per heavy atom. The number of carboxylic acids is 1. The van der Waals surface area contributed by atoms with Gasteiger partial charge in [0.25, 0.3) is 5.91 Å². The van der Waals surface area contributed by atoms with Crippen molar-refractivity contribution in [2.75, 3.05) is 52.5 Å². The van der Waals surface area contributed by atoms with E-state index in [-0.39, 0.29) is 11.3 Å². The quantitative estimate of drug-likeness (QED) is 0.729. The van der Waals surface area contributed by atoms with E-state index in [9.17, 15) is 18.0 Å². The van der Waals surface area contributed by atoms with Crippen molar-refractivity contribution in [2.45, 2.75) is 38.5 Å². The summed E-state index contributed by atoms with van der Waals surface area (Å²) < 4.78 is 43.3. The van der Waals surface area contributed by atoms with E-state index in [0.29, 0.717) is 6.10 Å². The molecule has 1 amide bonds. The topological polar surface area (TPSA) is 79.3 Å². The number of hydrogen-bond donors (Lipinski definition) is 1. The third-order valence-corrected chi connectivity index (χ3v) is 6.47. The van der Waals surface area contributed by atoms with Gasteiger partial charge in [-0.3, -0.25) is 9.69 Å².